The van der Waals surface area contributed by atoms with Crippen LogP contribution in [0.3, 0.4) is 0 Å². The second-order valence-electron chi connectivity index (χ2n) is 5.47. The Labute approximate surface area is 120 Å². The molecule has 3 nitrogen and oxygen atoms in total. The van der Waals surface area contributed by atoms with Crippen LogP contribution < -0.4 is 11.1 Å². The van der Waals surface area contributed by atoms with Gasteiger partial charge < -0.3 is 15.8 Å². The normalized spacial score (nSPS) is 12.8. The Balaban J connectivity index is 3.36. The largest absolute Gasteiger partial charge is 0.381 e. The lowest BCUT2D eigenvalue weighted by atomic mass is 9.97. The van der Waals surface area contributed by atoms with Gasteiger partial charge in [0.25, 0.3) is 0 Å². The number of rotatable bonds is 15. The average molecular weight is 272 g/mol. The molecule has 0 spiro atoms. The van der Waals surface area contributed by atoms with Crippen LogP contribution in [-0.2, 0) is 4.74 Å². The Bertz CT molecular complexity index is 165. The van der Waals surface area contributed by atoms with Crippen LogP contribution in [0.15, 0.2) is 0 Å². The van der Waals surface area contributed by atoms with Crippen molar-refractivity contribution in [1.29, 1.82) is 0 Å². The monoisotopic (exact) mass is 272 g/mol. The predicted octanol–water partition coefficient (Wildman–Crippen LogP) is 3.33. The molecule has 0 aromatic heterocycles. The van der Waals surface area contributed by atoms with Gasteiger partial charge in [0.15, 0.2) is 0 Å². The fourth-order valence-electron chi connectivity index (χ4n) is 2.30. The lowest BCUT2D eigenvalue weighted by Gasteiger charge is -2.16. The van der Waals surface area contributed by atoms with Gasteiger partial charge in [-0.25, -0.2) is 0 Å². The van der Waals surface area contributed by atoms with Crippen molar-refractivity contribution in [2.45, 2.75) is 65.2 Å². The van der Waals surface area contributed by atoms with Gasteiger partial charge in [0.1, 0.15) is 0 Å². The third-order valence-electron chi connectivity index (χ3n) is 3.47. The second-order valence-corrected chi connectivity index (χ2v) is 5.47. The summed E-state index contributed by atoms with van der Waals surface area (Å²) in [6.45, 7) is 9.25. The average Bonchev–Trinajstić information content (AvgIpc) is 2.42. The molecule has 0 heterocycles. The smallest absolute Gasteiger partial charge is 0.0494 e. The van der Waals surface area contributed by atoms with Crippen molar-refractivity contribution in [1.82, 2.24) is 5.32 Å². The minimum absolute atomic E-state index is 0.778. The first-order valence-electron chi connectivity index (χ1n) is 8.33. The van der Waals surface area contributed by atoms with E-state index in [1.54, 1.807) is 0 Å². The SMILES string of the molecule is CCCCCC(CCC)COCCCNCCCN. The van der Waals surface area contributed by atoms with Crippen LogP contribution in [0, 0.1) is 5.92 Å². The summed E-state index contributed by atoms with van der Waals surface area (Å²) in [7, 11) is 0. The van der Waals surface area contributed by atoms with Gasteiger partial charge in [-0.15, -0.1) is 0 Å². The maximum Gasteiger partial charge on any atom is 0.0494 e. The van der Waals surface area contributed by atoms with Crippen LogP contribution in [0.25, 0.3) is 0 Å². The summed E-state index contributed by atoms with van der Waals surface area (Å²) in [6.07, 6.45) is 10.2. The molecule has 0 radical (unpaired) electrons. The minimum atomic E-state index is 0.778. The van der Waals surface area contributed by atoms with Crippen LogP contribution in [0.5, 0.6) is 0 Å². The minimum Gasteiger partial charge on any atom is -0.381 e. The van der Waals surface area contributed by atoms with E-state index in [1.165, 1.54) is 38.5 Å². The molecule has 116 valence electrons. The van der Waals surface area contributed by atoms with Crippen LogP contribution in [0.4, 0.5) is 0 Å². The van der Waals surface area contributed by atoms with E-state index in [9.17, 15) is 0 Å². The van der Waals surface area contributed by atoms with Gasteiger partial charge in [0.05, 0.1) is 0 Å². The molecule has 0 saturated heterocycles. The standard InChI is InChI=1S/C16H36N2O/c1-3-5-6-10-16(9-4-2)15-19-14-8-13-18-12-7-11-17/h16,18H,3-15,17H2,1-2H3. The Hall–Kier alpha value is -0.120. The van der Waals surface area contributed by atoms with E-state index < -0.39 is 0 Å². The zero-order valence-corrected chi connectivity index (χ0v) is 13.3. The van der Waals surface area contributed by atoms with E-state index in [1.807, 2.05) is 0 Å². The third-order valence-corrected chi connectivity index (χ3v) is 3.47. The lowest BCUT2D eigenvalue weighted by Crippen LogP contribution is -2.21. The zero-order chi connectivity index (χ0) is 14.2. The zero-order valence-electron chi connectivity index (χ0n) is 13.3. The molecule has 0 saturated carbocycles. The van der Waals surface area contributed by atoms with E-state index >= 15 is 0 Å². The van der Waals surface area contributed by atoms with Gasteiger partial charge >= 0.3 is 0 Å². The number of nitrogens with one attached hydrogen (secondary N) is 1. The summed E-state index contributed by atoms with van der Waals surface area (Å²) < 4.78 is 5.82. The summed E-state index contributed by atoms with van der Waals surface area (Å²) >= 11 is 0. The third kappa shape index (κ3) is 14.1. The number of hydrogen-bond donors (Lipinski definition) is 2. The van der Waals surface area contributed by atoms with Gasteiger partial charge in [-0.05, 0) is 51.2 Å². The molecule has 0 aromatic carbocycles. The summed E-state index contributed by atoms with van der Waals surface area (Å²) in [6, 6.07) is 0. The van der Waals surface area contributed by atoms with Crippen molar-refractivity contribution >= 4 is 0 Å². The van der Waals surface area contributed by atoms with Crippen molar-refractivity contribution in [3.05, 3.63) is 0 Å². The van der Waals surface area contributed by atoms with Crippen LogP contribution >= 0.6 is 0 Å². The van der Waals surface area contributed by atoms with Crippen LogP contribution in [0.2, 0.25) is 0 Å². The molecule has 3 N–H and O–H groups in total. The van der Waals surface area contributed by atoms with Crippen molar-refractivity contribution in [3.8, 4) is 0 Å². The first-order chi connectivity index (χ1) is 9.35. The van der Waals surface area contributed by atoms with Gasteiger partial charge in [0.2, 0.25) is 0 Å². The Kier molecular flexibility index (Phi) is 15.8. The highest BCUT2D eigenvalue weighted by Gasteiger charge is 2.07. The molecule has 0 aliphatic carbocycles. The van der Waals surface area contributed by atoms with Crippen molar-refractivity contribution in [3.63, 3.8) is 0 Å². The quantitative estimate of drug-likeness (QED) is 0.450. The predicted molar refractivity (Wildman–Crippen MR) is 84.5 cm³/mol. The molecule has 1 unspecified atom stereocenters. The van der Waals surface area contributed by atoms with Crippen molar-refractivity contribution in [2.24, 2.45) is 11.7 Å². The Morgan fingerprint density at radius 1 is 0.947 bits per heavy atom. The topological polar surface area (TPSA) is 47.3 Å². The van der Waals surface area contributed by atoms with Gasteiger partial charge in [-0.2, -0.15) is 0 Å². The molecular formula is C16H36N2O. The molecule has 0 aliphatic rings. The lowest BCUT2D eigenvalue weighted by molar-refractivity contribution is 0.0900. The maximum absolute atomic E-state index is 5.82. The Morgan fingerprint density at radius 2 is 1.74 bits per heavy atom. The highest BCUT2D eigenvalue weighted by atomic mass is 16.5. The molecule has 3 heteroatoms. The number of hydrogen-bond acceptors (Lipinski definition) is 3. The number of unbranched alkanes of at least 4 members (excludes halogenated alkanes) is 2. The van der Waals surface area contributed by atoms with E-state index in [2.05, 4.69) is 19.2 Å². The summed E-state index contributed by atoms with van der Waals surface area (Å²) in [4.78, 5) is 0. The van der Waals surface area contributed by atoms with Crippen molar-refractivity contribution in [2.75, 3.05) is 32.8 Å². The van der Waals surface area contributed by atoms with Crippen LogP contribution in [-0.4, -0.2) is 32.8 Å². The molecule has 0 aliphatic heterocycles. The van der Waals surface area contributed by atoms with Gasteiger partial charge in [-0.3, -0.25) is 0 Å². The fourth-order valence-corrected chi connectivity index (χ4v) is 2.30. The van der Waals surface area contributed by atoms with Crippen molar-refractivity contribution < 1.29 is 4.74 Å². The molecule has 0 fully saturated rings. The molecule has 0 aromatic rings. The van der Waals surface area contributed by atoms with Crippen LogP contribution in [0.1, 0.15) is 65.2 Å². The highest BCUT2D eigenvalue weighted by molar-refractivity contribution is 4.58. The molecule has 0 amide bonds. The van der Waals surface area contributed by atoms with E-state index in [-0.39, 0.29) is 0 Å². The first kappa shape index (κ1) is 18.9. The number of ether oxygens (including phenoxy) is 1. The Morgan fingerprint density at radius 3 is 2.42 bits per heavy atom. The van der Waals surface area contributed by atoms with Gasteiger partial charge in [-0.1, -0.05) is 39.5 Å². The molecule has 0 bridgehead atoms. The summed E-state index contributed by atoms with van der Waals surface area (Å²) in [5.41, 5.74) is 5.44. The first-order valence-corrected chi connectivity index (χ1v) is 8.33. The molecular weight excluding hydrogens is 236 g/mol. The highest BCUT2D eigenvalue weighted by Crippen LogP contribution is 2.16. The molecule has 1 atom stereocenters. The van der Waals surface area contributed by atoms with E-state index in [0.29, 0.717) is 0 Å². The second kappa shape index (κ2) is 15.9. The molecule has 0 rings (SSSR count). The molecule has 19 heavy (non-hydrogen) atoms. The maximum atomic E-state index is 5.82. The van der Waals surface area contributed by atoms with Gasteiger partial charge in [0, 0.05) is 13.2 Å². The van der Waals surface area contributed by atoms with E-state index in [0.717, 1.165) is 51.6 Å². The fraction of sp³-hybridized carbons (Fsp3) is 1.00. The number of nitrogens with two attached hydrogens (primary N) is 1. The summed E-state index contributed by atoms with van der Waals surface area (Å²) in [5, 5.41) is 3.38. The summed E-state index contributed by atoms with van der Waals surface area (Å²) in [5.74, 6) is 0.779. The van der Waals surface area contributed by atoms with E-state index in [4.69, 9.17) is 10.5 Å².